The normalized spacial score (nSPS) is 16.8. The van der Waals surface area contributed by atoms with E-state index in [4.69, 9.17) is 4.74 Å². The van der Waals surface area contributed by atoms with Gasteiger partial charge in [-0.05, 0) is 24.6 Å². The topological polar surface area (TPSA) is 102 Å². The number of hydrogen-bond donors (Lipinski definition) is 3. The number of hydrogen-bond acceptors (Lipinski definition) is 7. The van der Waals surface area contributed by atoms with Crippen molar-refractivity contribution >= 4 is 34.4 Å². The lowest BCUT2D eigenvalue weighted by atomic mass is 10.2. The zero-order valence-electron chi connectivity index (χ0n) is 16.3. The predicted octanol–water partition coefficient (Wildman–Crippen LogP) is 3.29. The number of anilines is 3. The van der Waals surface area contributed by atoms with Crippen LogP contribution in [0.1, 0.15) is 12.5 Å². The molecule has 4 rings (SSSR count). The third kappa shape index (κ3) is 3.96. The van der Waals surface area contributed by atoms with Crippen molar-refractivity contribution in [3.8, 4) is 5.75 Å². The molecular formula is C19H20F2N6O3. The van der Waals surface area contributed by atoms with E-state index in [0.29, 0.717) is 28.4 Å². The molecule has 3 heterocycles. The standard InChI is InChI=1S/C19H20F2N6O3/c1-10-7-29-8-11-3-4-14(30-18(20)21)12(5-11)25-15-6-13(22-2)16-17(26-15)27(9-23-16)19(28)24-10/h3-6,9-10,18H,7-8H2,1-2H3,(H,24,28)(H2,22,25,26)/t10-/m0/s1. The number of pyridine rings is 1. The smallest absolute Gasteiger partial charge is 0.387 e. The Morgan fingerprint density at radius 1 is 1.37 bits per heavy atom. The first kappa shape index (κ1) is 19.8. The molecule has 9 nitrogen and oxygen atoms in total. The van der Waals surface area contributed by atoms with Crippen LogP contribution in [0, 0.1) is 0 Å². The maximum Gasteiger partial charge on any atom is 0.387 e. The molecule has 1 aliphatic heterocycles. The lowest BCUT2D eigenvalue weighted by molar-refractivity contribution is -0.0493. The molecule has 1 atom stereocenters. The number of ether oxygens (including phenoxy) is 2. The van der Waals surface area contributed by atoms with E-state index in [1.807, 2.05) is 6.92 Å². The van der Waals surface area contributed by atoms with Crippen LogP contribution in [0.2, 0.25) is 0 Å². The van der Waals surface area contributed by atoms with Crippen molar-refractivity contribution in [3.05, 3.63) is 36.2 Å². The molecule has 2 aromatic heterocycles. The summed E-state index contributed by atoms with van der Waals surface area (Å²) in [6.45, 7) is -0.675. The van der Waals surface area contributed by atoms with E-state index in [0.717, 1.165) is 5.56 Å². The number of rotatable bonds is 3. The number of carbonyl (C=O) groups is 1. The number of benzene rings is 1. The molecule has 3 aromatic rings. The van der Waals surface area contributed by atoms with Crippen molar-refractivity contribution in [1.29, 1.82) is 0 Å². The largest absolute Gasteiger partial charge is 0.433 e. The monoisotopic (exact) mass is 418 g/mol. The summed E-state index contributed by atoms with van der Waals surface area (Å²) in [5.41, 5.74) is 2.46. The molecule has 1 aromatic carbocycles. The summed E-state index contributed by atoms with van der Waals surface area (Å²) < 4.78 is 37.3. The number of carbonyl (C=O) groups excluding carboxylic acids is 1. The van der Waals surface area contributed by atoms with Gasteiger partial charge in [0.1, 0.15) is 23.4 Å². The summed E-state index contributed by atoms with van der Waals surface area (Å²) in [6, 6.07) is 5.74. The van der Waals surface area contributed by atoms with E-state index in [2.05, 4.69) is 30.7 Å². The fourth-order valence-corrected chi connectivity index (χ4v) is 3.17. The Bertz CT molecular complexity index is 1090. The minimum Gasteiger partial charge on any atom is -0.433 e. The summed E-state index contributed by atoms with van der Waals surface area (Å²) in [5, 5.41) is 8.86. The molecule has 3 N–H and O–H groups in total. The molecular weight excluding hydrogens is 398 g/mol. The molecule has 0 spiro atoms. The Morgan fingerprint density at radius 3 is 2.97 bits per heavy atom. The zero-order chi connectivity index (χ0) is 21.3. The van der Waals surface area contributed by atoms with Crippen molar-refractivity contribution in [2.45, 2.75) is 26.2 Å². The summed E-state index contributed by atoms with van der Waals surface area (Å²) in [7, 11) is 1.71. The number of aromatic nitrogens is 3. The highest BCUT2D eigenvalue weighted by atomic mass is 19.3. The van der Waals surface area contributed by atoms with Gasteiger partial charge >= 0.3 is 12.6 Å². The quantitative estimate of drug-likeness (QED) is 0.600. The zero-order valence-corrected chi connectivity index (χ0v) is 16.3. The van der Waals surface area contributed by atoms with Crippen molar-refractivity contribution in [2.75, 3.05) is 24.3 Å². The Labute approximate surface area is 170 Å². The number of imidazole rings is 1. The van der Waals surface area contributed by atoms with Crippen molar-refractivity contribution in [1.82, 2.24) is 19.9 Å². The van der Waals surface area contributed by atoms with Gasteiger partial charge in [0.25, 0.3) is 0 Å². The van der Waals surface area contributed by atoms with E-state index in [1.54, 1.807) is 25.2 Å². The third-order valence-corrected chi connectivity index (χ3v) is 4.52. The molecule has 0 saturated carbocycles. The summed E-state index contributed by atoms with van der Waals surface area (Å²) >= 11 is 0. The first-order valence-corrected chi connectivity index (χ1v) is 9.24. The molecule has 11 heteroatoms. The Morgan fingerprint density at radius 2 is 2.20 bits per heavy atom. The van der Waals surface area contributed by atoms with Gasteiger partial charge in [0.2, 0.25) is 0 Å². The fraction of sp³-hybridized carbons (Fsp3) is 0.316. The van der Waals surface area contributed by atoms with E-state index in [9.17, 15) is 13.6 Å². The molecule has 1 aliphatic rings. The van der Waals surface area contributed by atoms with Crippen molar-refractivity contribution in [3.63, 3.8) is 0 Å². The second-order valence-corrected chi connectivity index (χ2v) is 6.79. The van der Waals surface area contributed by atoms with Crippen LogP contribution in [0.4, 0.5) is 30.8 Å². The molecule has 1 amide bonds. The van der Waals surface area contributed by atoms with Crippen LogP contribution in [0.5, 0.6) is 5.75 Å². The number of fused-ring (bicyclic) bond motifs is 3. The average Bonchev–Trinajstić information content (AvgIpc) is 3.12. The van der Waals surface area contributed by atoms with Gasteiger partial charge in [-0.2, -0.15) is 8.78 Å². The first-order chi connectivity index (χ1) is 14.4. The lowest BCUT2D eigenvalue weighted by Gasteiger charge is -2.18. The van der Waals surface area contributed by atoms with Gasteiger partial charge in [-0.15, -0.1) is 0 Å². The summed E-state index contributed by atoms with van der Waals surface area (Å²) in [4.78, 5) is 21.4. The second-order valence-electron chi connectivity index (χ2n) is 6.79. The van der Waals surface area contributed by atoms with E-state index in [-0.39, 0.29) is 25.0 Å². The van der Waals surface area contributed by atoms with Crippen molar-refractivity contribution < 1.29 is 23.0 Å². The highest BCUT2D eigenvalue weighted by Crippen LogP contribution is 2.32. The highest BCUT2D eigenvalue weighted by molar-refractivity contribution is 5.94. The molecule has 0 radical (unpaired) electrons. The van der Waals surface area contributed by atoms with Crippen LogP contribution in [0.25, 0.3) is 11.2 Å². The minimum atomic E-state index is -2.98. The summed E-state index contributed by atoms with van der Waals surface area (Å²) in [6.07, 6.45) is 1.38. The molecule has 4 bridgehead atoms. The maximum atomic E-state index is 12.9. The predicted molar refractivity (Wildman–Crippen MR) is 106 cm³/mol. The van der Waals surface area contributed by atoms with E-state index < -0.39 is 12.6 Å². The van der Waals surface area contributed by atoms with Crippen LogP contribution >= 0.6 is 0 Å². The molecule has 0 aliphatic carbocycles. The molecule has 30 heavy (non-hydrogen) atoms. The lowest BCUT2D eigenvalue weighted by Crippen LogP contribution is -2.38. The average molecular weight is 418 g/mol. The Balaban J connectivity index is 1.86. The summed E-state index contributed by atoms with van der Waals surface area (Å²) in [5.74, 6) is 0.289. The fourth-order valence-electron chi connectivity index (χ4n) is 3.17. The van der Waals surface area contributed by atoms with Crippen LogP contribution in [-0.2, 0) is 11.3 Å². The van der Waals surface area contributed by atoms with Crippen molar-refractivity contribution in [2.24, 2.45) is 0 Å². The SMILES string of the molecule is CNc1cc2nc3c1ncn3C(=O)N[C@@H](C)COCc1ccc(OC(F)F)c(c1)N2. The Hall–Kier alpha value is -3.47. The second kappa shape index (κ2) is 8.11. The number of nitrogens with one attached hydrogen (secondary N) is 3. The molecule has 158 valence electrons. The van der Waals surface area contributed by atoms with E-state index >= 15 is 0 Å². The van der Waals surface area contributed by atoms with Gasteiger partial charge in [-0.3, -0.25) is 0 Å². The number of halogens is 2. The number of nitrogens with zero attached hydrogens (tertiary/aromatic N) is 3. The number of amides is 1. The van der Waals surface area contributed by atoms with Gasteiger partial charge in [-0.1, -0.05) is 6.07 Å². The highest BCUT2D eigenvalue weighted by Gasteiger charge is 2.19. The van der Waals surface area contributed by atoms with E-state index in [1.165, 1.54) is 17.0 Å². The van der Waals surface area contributed by atoms with Gasteiger partial charge in [0.05, 0.1) is 30.6 Å². The van der Waals surface area contributed by atoms with Crippen LogP contribution in [-0.4, -0.2) is 46.9 Å². The molecule has 0 fully saturated rings. The molecule has 0 saturated heterocycles. The van der Waals surface area contributed by atoms with Gasteiger partial charge in [-0.25, -0.2) is 19.3 Å². The van der Waals surface area contributed by atoms with Crippen LogP contribution < -0.4 is 20.7 Å². The Kier molecular flexibility index (Phi) is 5.36. The molecule has 0 unspecified atom stereocenters. The van der Waals surface area contributed by atoms with Crippen LogP contribution in [0.15, 0.2) is 30.6 Å². The number of alkyl halides is 2. The van der Waals surface area contributed by atoms with Gasteiger partial charge < -0.3 is 25.4 Å². The first-order valence-electron chi connectivity index (χ1n) is 9.24. The van der Waals surface area contributed by atoms with Gasteiger partial charge in [0, 0.05) is 13.1 Å². The minimum absolute atomic E-state index is 0.0339. The van der Waals surface area contributed by atoms with Gasteiger partial charge in [0.15, 0.2) is 5.65 Å². The third-order valence-electron chi connectivity index (χ3n) is 4.52. The maximum absolute atomic E-state index is 12.9. The van der Waals surface area contributed by atoms with Crippen LogP contribution in [0.3, 0.4) is 0 Å².